The summed E-state index contributed by atoms with van der Waals surface area (Å²) in [6.45, 7) is 4.49. The Balaban J connectivity index is 1.79. The monoisotopic (exact) mass is 291 g/mol. The van der Waals surface area contributed by atoms with E-state index in [4.69, 9.17) is 10.7 Å². The highest BCUT2D eigenvalue weighted by atomic mass is 15.2. The van der Waals surface area contributed by atoms with Crippen molar-refractivity contribution in [3.63, 3.8) is 0 Å². The van der Waals surface area contributed by atoms with Gasteiger partial charge in [0.1, 0.15) is 11.6 Å². The van der Waals surface area contributed by atoms with Crippen LogP contribution < -0.4 is 5.73 Å². The van der Waals surface area contributed by atoms with Crippen LogP contribution in [0.25, 0.3) is 0 Å². The maximum atomic E-state index is 6.36. The Hall–Kier alpha value is -0.990. The van der Waals surface area contributed by atoms with Crippen molar-refractivity contribution in [2.75, 3.05) is 5.73 Å². The Morgan fingerprint density at radius 3 is 2.24 bits per heavy atom. The van der Waals surface area contributed by atoms with E-state index in [1.54, 1.807) is 0 Å². The Labute approximate surface area is 130 Å². The third-order valence-electron chi connectivity index (χ3n) is 4.50. The summed E-state index contributed by atoms with van der Waals surface area (Å²) < 4.78 is 2.33. The van der Waals surface area contributed by atoms with Crippen LogP contribution in [0.3, 0.4) is 0 Å². The van der Waals surface area contributed by atoms with Gasteiger partial charge in [-0.2, -0.15) is 0 Å². The molecule has 0 aliphatic heterocycles. The van der Waals surface area contributed by atoms with Gasteiger partial charge in [0.2, 0.25) is 0 Å². The van der Waals surface area contributed by atoms with Crippen molar-refractivity contribution in [3.8, 4) is 0 Å². The van der Waals surface area contributed by atoms with Gasteiger partial charge in [-0.3, -0.25) is 0 Å². The van der Waals surface area contributed by atoms with Gasteiger partial charge in [-0.05, 0) is 32.1 Å². The number of aromatic nitrogens is 2. The Kier molecular flexibility index (Phi) is 6.59. The molecule has 1 aromatic rings. The highest BCUT2D eigenvalue weighted by Gasteiger charge is 2.29. The van der Waals surface area contributed by atoms with Crippen molar-refractivity contribution in [1.82, 2.24) is 9.55 Å². The molecule has 2 N–H and O–H groups in total. The molecule has 1 fully saturated rings. The van der Waals surface area contributed by atoms with Gasteiger partial charge >= 0.3 is 0 Å². The first-order chi connectivity index (χ1) is 10.3. The largest absolute Gasteiger partial charge is 0.384 e. The van der Waals surface area contributed by atoms with E-state index in [-0.39, 0.29) is 0 Å². The lowest BCUT2D eigenvalue weighted by molar-refractivity contribution is 0.587. The van der Waals surface area contributed by atoms with Gasteiger partial charge in [0, 0.05) is 12.5 Å². The van der Waals surface area contributed by atoms with Crippen molar-refractivity contribution >= 4 is 5.82 Å². The van der Waals surface area contributed by atoms with E-state index in [2.05, 4.69) is 18.4 Å². The number of rotatable bonds is 11. The highest BCUT2D eigenvalue weighted by molar-refractivity contribution is 5.40. The molecule has 3 heteroatoms. The first-order valence-corrected chi connectivity index (χ1v) is 9.13. The lowest BCUT2D eigenvalue weighted by Gasteiger charge is -2.07. The molecule has 0 amide bonds. The number of aryl methyl sites for hydroxylation is 2. The van der Waals surface area contributed by atoms with Crippen LogP contribution in [0.5, 0.6) is 0 Å². The molecule has 2 rings (SSSR count). The van der Waals surface area contributed by atoms with Crippen molar-refractivity contribution in [1.29, 1.82) is 0 Å². The van der Waals surface area contributed by atoms with Gasteiger partial charge in [-0.25, -0.2) is 4.98 Å². The molecule has 21 heavy (non-hydrogen) atoms. The first kappa shape index (κ1) is 16.4. The number of imidazole rings is 1. The van der Waals surface area contributed by atoms with E-state index < -0.39 is 0 Å². The summed E-state index contributed by atoms with van der Waals surface area (Å²) in [6, 6.07) is 0.654. The SMILES string of the molecule is CCCCCCCCCc1nc(CCC)n(C2CC2)c1N. The van der Waals surface area contributed by atoms with Crippen LogP contribution in [0.1, 0.15) is 95.6 Å². The smallest absolute Gasteiger partial charge is 0.127 e. The average Bonchev–Trinajstić information content (AvgIpc) is 3.25. The number of hydrogen-bond acceptors (Lipinski definition) is 2. The van der Waals surface area contributed by atoms with E-state index in [1.165, 1.54) is 69.3 Å². The maximum absolute atomic E-state index is 6.36. The molecule has 1 aliphatic carbocycles. The second kappa shape index (κ2) is 8.45. The third-order valence-corrected chi connectivity index (χ3v) is 4.50. The van der Waals surface area contributed by atoms with Crippen LogP contribution in [0.2, 0.25) is 0 Å². The molecule has 0 saturated heterocycles. The van der Waals surface area contributed by atoms with E-state index in [0.29, 0.717) is 6.04 Å². The fourth-order valence-corrected chi connectivity index (χ4v) is 3.12. The molecule has 120 valence electrons. The van der Waals surface area contributed by atoms with E-state index >= 15 is 0 Å². The Bertz CT molecular complexity index is 418. The second-order valence-corrected chi connectivity index (χ2v) is 6.58. The molecular formula is C18H33N3. The van der Waals surface area contributed by atoms with E-state index in [1.807, 2.05) is 0 Å². The molecule has 0 atom stereocenters. The zero-order valence-corrected chi connectivity index (χ0v) is 14.0. The third kappa shape index (κ3) is 4.76. The minimum atomic E-state index is 0.654. The predicted octanol–water partition coefficient (Wildman–Crippen LogP) is 5.05. The van der Waals surface area contributed by atoms with E-state index in [0.717, 1.165) is 25.1 Å². The molecule has 1 aliphatic rings. The summed E-state index contributed by atoms with van der Waals surface area (Å²) in [5, 5.41) is 0. The zero-order valence-electron chi connectivity index (χ0n) is 14.0. The molecule has 1 saturated carbocycles. The van der Waals surface area contributed by atoms with Gasteiger partial charge in [-0.1, -0.05) is 52.4 Å². The summed E-state index contributed by atoms with van der Waals surface area (Å²) in [5.74, 6) is 2.20. The molecular weight excluding hydrogens is 258 g/mol. The Morgan fingerprint density at radius 1 is 0.952 bits per heavy atom. The standard InChI is InChI=1S/C18H33N3/c1-3-5-6-7-8-9-10-12-16-18(19)21(15-13-14-15)17(20-16)11-4-2/h15H,3-14,19H2,1-2H3. The number of nitrogens with zero attached hydrogens (tertiary/aromatic N) is 2. The van der Waals surface area contributed by atoms with Gasteiger partial charge in [0.05, 0.1) is 5.69 Å². The van der Waals surface area contributed by atoms with Gasteiger partial charge in [-0.15, -0.1) is 0 Å². The molecule has 1 aromatic heterocycles. The molecule has 0 bridgehead atoms. The van der Waals surface area contributed by atoms with Crippen LogP contribution >= 0.6 is 0 Å². The molecule has 0 unspecified atom stereocenters. The molecule has 1 heterocycles. The summed E-state index contributed by atoms with van der Waals surface area (Å²) in [4.78, 5) is 4.85. The van der Waals surface area contributed by atoms with Gasteiger partial charge < -0.3 is 10.3 Å². The Morgan fingerprint density at radius 2 is 1.62 bits per heavy atom. The quantitative estimate of drug-likeness (QED) is 0.580. The van der Waals surface area contributed by atoms with Crippen LogP contribution in [0.4, 0.5) is 5.82 Å². The summed E-state index contributed by atoms with van der Waals surface area (Å²) in [7, 11) is 0. The lowest BCUT2D eigenvalue weighted by atomic mass is 10.1. The predicted molar refractivity (Wildman–Crippen MR) is 90.6 cm³/mol. The van der Waals surface area contributed by atoms with Crippen LogP contribution in [-0.2, 0) is 12.8 Å². The fraction of sp³-hybridized carbons (Fsp3) is 0.833. The number of anilines is 1. The summed E-state index contributed by atoms with van der Waals surface area (Å²) in [5.41, 5.74) is 7.52. The second-order valence-electron chi connectivity index (χ2n) is 6.58. The number of nitrogens with two attached hydrogens (primary N) is 1. The molecule has 0 spiro atoms. The molecule has 0 radical (unpaired) electrons. The highest BCUT2D eigenvalue weighted by Crippen LogP contribution is 2.39. The minimum Gasteiger partial charge on any atom is -0.384 e. The average molecular weight is 291 g/mol. The zero-order chi connectivity index (χ0) is 15.1. The number of unbranched alkanes of at least 4 members (excludes halogenated alkanes) is 6. The molecule has 3 nitrogen and oxygen atoms in total. The van der Waals surface area contributed by atoms with Crippen LogP contribution in [0, 0.1) is 0 Å². The number of hydrogen-bond donors (Lipinski definition) is 1. The topological polar surface area (TPSA) is 43.8 Å². The fourth-order valence-electron chi connectivity index (χ4n) is 3.12. The van der Waals surface area contributed by atoms with Crippen LogP contribution in [-0.4, -0.2) is 9.55 Å². The summed E-state index contributed by atoms with van der Waals surface area (Å²) >= 11 is 0. The van der Waals surface area contributed by atoms with Crippen molar-refractivity contribution < 1.29 is 0 Å². The summed E-state index contributed by atoms with van der Waals surface area (Å²) in [6.07, 6.45) is 15.3. The van der Waals surface area contributed by atoms with E-state index in [9.17, 15) is 0 Å². The molecule has 0 aromatic carbocycles. The van der Waals surface area contributed by atoms with Crippen molar-refractivity contribution in [3.05, 3.63) is 11.5 Å². The van der Waals surface area contributed by atoms with Gasteiger partial charge in [0.15, 0.2) is 0 Å². The van der Waals surface area contributed by atoms with Gasteiger partial charge in [0.25, 0.3) is 0 Å². The lowest BCUT2D eigenvalue weighted by Crippen LogP contribution is -2.05. The normalized spacial score (nSPS) is 14.8. The van der Waals surface area contributed by atoms with Crippen LogP contribution in [0.15, 0.2) is 0 Å². The maximum Gasteiger partial charge on any atom is 0.127 e. The minimum absolute atomic E-state index is 0.654. The number of nitrogen functional groups attached to an aromatic ring is 1. The van der Waals surface area contributed by atoms with Crippen molar-refractivity contribution in [2.24, 2.45) is 0 Å². The first-order valence-electron chi connectivity index (χ1n) is 9.13. The van der Waals surface area contributed by atoms with Crippen molar-refractivity contribution in [2.45, 2.75) is 96.9 Å².